The molecular weight excluding hydrogens is 507 g/mol. The van der Waals surface area contributed by atoms with Crippen LogP contribution in [0.15, 0.2) is 88.9 Å². The Kier molecular flexibility index (Phi) is 8.56. The van der Waals surface area contributed by atoms with Gasteiger partial charge in [-0.2, -0.15) is 0 Å². The highest BCUT2D eigenvalue weighted by Crippen LogP contribution is 2.32. The van der Waals surface area contributed by atoms with Crippen LogP contribution >= 0.6 is 46.7 Å². The molecule has 1 atom stereocenters. The topological polar surface area (TPSA) is 59.8 Å². The van der Waals surface area contributed by atoms with Crippen molar-refractivity contribution in [3.63, 3.8) is 0 Å². The fourth-order valence-corrected chi connectivity index (χ4v) is 5.28. The summed E-state index contributed by atoms with van der Waals surface area (Å²) in [6.07, 6.45) is 0. The molecule has 4 aromatic rings. The summed E-state index contributed by atoms with van der Waals surface area (Å²) >= 11 is 15.9. The Morgan fingerprint density at radius 2 is 1.68 bits per heavy atom. The number of benzene rings is 3. The highest BCUT2D eigenvalue weighted by atomic mass is 35.5. The van der Waals surface area contributed by atoms with E-state index < -0.39 is 6.04 Å². The largest absolute Gasteiger partial charge is 0.346 e. The lowest BCUT2D eigenvalue weighted by molar-refractivity contribution is -0.119. The minimum Gasteiger partial charge on any atom is -0.346 e. The summed E-state index contributed by atoms with van der Waals surface area (Å²) in [4.78, 5) is 13.7. The molecule has 0 saturated heterocycles. The molecule has 0 bridgehead atoms. The highest BCUT2D eigenvalue weighted by Gasteiger charge is 2.23. The number of nitrogens with one attached hydrogen (secondary N) is 1. The zero-order chi connectivity index (χ0) is 23.9. The average Bonchev–Trinajstić information content (AvgIpc) is 3.28. The second kappa shape index (κ2) is 11.8. The summed E-state index contributed by atoms with van der Waals surface area (Å²) in [5.74, 6) is 1.51. The molecule has 1 amide bonds. The molecule has 1 aromatic heterocycles. The SMILES string of the molecule is CC(NC(=O)CSc1ccccc1)c1nnc(SCc2ccccc2)n1-c1cc(Cl)ccc1Cl. The monoisotopic (exact) mass is 528 g/mol. The molecule has 5 nitrogen and oxygen atoms in total. The van der Waals surface area contributed by atoms with E-state index in [9.17, 15) is 4.79 Å². The number of hydrogen-bond donors (Lipinski definition) is 1. The standard InChI is InChI=1S/C25H22Cl2N4OS2/c1-17(28-23(32)16-33-20-10-6-3-7-11-20)24-29-30-25(34-15-18-8-4-2-5-9-18)31(24)22-14-19(26)12-13-21(22)27/h2-14,17H,15-16H2,1H3,(H,28,32). The molecular formula is C25H22Cl2N4OS2. The van der Waals surface area contributed by atoms with Crippen molar-refractivity contribution in [3.05, 3.63) is 100 Å². The van der Waals surface area contributed by atoms with Crippen LogP contribution in [0.25, 0.3) is 5.69 Å². The number of carbonyl (C=O) groups is 1. The molecule has 0 spiro atoms. The second-order valence-corrected chi connectivity index (χ2v) is 10.3. The zero-order valence-corrected chi connectivity index (χ0v) is 21.5. The van der Waals surface area contributed by atoms with E-state index in [-0.39, 0.29) is 5.91 Å². The van der Waals surface area contributed by atoms with Crippen molar-refractivity contribution < 1.29 is 4.79 Å². The molecule has 0 aliphatic carbocycles. The van der Waals surface area contributed by atoms with E-state index in [0.29, 0.717) is 38.2 Å². The highest BCUT2D eigenvalue weighted by molar-refractivity contribution is 8.00. The lowest BCUT2D eigenvalue weighted by Crippen LogP contribution is -2.30. The third-order valence-corrected chi connectivity index (χ3v) is 7.46. The van der Waals surface area contributed by atoms with Gasteiger partial charge in [0.25, 0.3) is 0 Å². The molecule has 4 rings (SSSR count). The van der Waals surface area contributed by atoms with E-state index in [0.717, 1.165) is 4.90 Å². The molecule has 1 unspecified atom stereocenters. The smallest absolute Gasteiger partial charge is 0.230 e. The van der Waals surface area contributed by atoms with Crippen LogP contribution in [0.1, 0.15) is 24.4 Å². The fourth-order valence-electron chi connectivity index (χ4n) is 3.27. The Hall–Kier alpha value is -2.45. The number of carbonyl (C=O) groups excluding carboxylic acids is 1. The van der Waals surface area contributed by atoms with E-state index in [4.69, 9.17) is 23.2 Å². The van der Waals surface area contributed by atoms with Crippen LogP contribution in [-0.2, 0) is 10.5 Å². The van der Waals surface area contributed by atoms with Crippen LogP contribution in [0.4, 0.5) is 0 Å². The van der Waals surface area contributed by atoms with Gasteiger partial charge in [-0.25, -0.2) is 0 Å². The van der Waals surface area contributed by atoms with Crippen LogP contribution in [0.5, 0.6) is 0 Å². The van der Waals surface area contributed by atoms with Gasteiger partial charge in [-0.1, -0.05) is 83.5 Å². The number of nitrogens with zero attached hydrogens (tertiary/aromatic N) is 3. The predicted octanol–water partition coefficient (Wildman–Crippen LogP) is 6.84. The number of aromatic nitrogens is 3. The Morgan fingerprint density at radius 1 is 0.971 bits per heavy atom. The van der Waals surface area contributed by atoms with E-state index in [1.165, 1.54) is 17.3 Å². The number of amides is 1. The lowest BCUT2D eigenvalue weighted by Gasteiger charge is -2.17. The maximum absolute atomic E-state index is 12.6. The van der Waals surface area contributed by atoms with E-state index >= 15 is 0 Å². The van der Waals surface area contributed by atoms with E-state index in [1.54, 1.807) is 30.0 Å². The molecule has 0 fully saturated rings. The molecule has 0 aliphatic heterocycles. The van der Waals surface area contributed by atoms with Crippen molar-refractivity contribution in [3.8, 4) is 5.69 Å². The second-order valence-electron chi connectivity index (χ2n) is 7.44. The third-order valence-electron chi connectivity index (χ3n) is 4.90. The average molecular weight is 530 g/mol. The number of rotatable bonds is 9. The van der Waals surface area contributed by atoms with Crippen LogP contribution in [0.3, 0.4) is 0 Å². The molecule has 0 radical (unpaired) electrons. The van der Waals surface area contributed by atoms with Gasteiger partial charge in [-0.15, -0.1) is 22.0 Å². The maximum atomic E-state index is 12.6. The Bertz CT molecular complexity index is 1250. The van der Waals surface area contributed by atoms with E-state index in [2.05, 4.69) is 27.6 Å². The number of halogens is 2. The first-order chi connectivity index (χ1) is 16.5. The lowest BCUT2D eigenvalue weighted by atomic mass is 10.2. The Morgan fingerprint density at radius 3 is 2.41 bits per heavy atom. The van der Waals surface area contributed by atoms with Gasteiger partial charge < -0.3 is 5.32 Å². The Labute approximate surface area is 217 Å². The van der Waals surface area contributed by atoms with Crippen LogP contribution < -0.4 is 5.32 Å². The maximum Gasteiger partial charge on any atom is 0.230 e. The minimum atomic E-state index is -0.391. The van der Waals surface area contributed by atoms with Gasteiger partial charge in [0.1, 0.15) is 0 Å². The predicted molar refractivity (Wildman–Crippen MR) is 141 cm³/mol. The van der Waals surface area contributed by atoms with Crippen molar-refractivity contribution in [2.24, 2.45) is 0 Å². The first-order valence-electron chi connectivity index (χ1n) is 10.6. The van der Waals surface area contributed by atoms with Gasteiger partial charge in [0, 0.05) is 15.7 Å². The Balaban J connectivity index is 1.56. The van der Waals surface area contributed by atoms with Crippen molar-refractivity contribution in [2.75, 3.05) is 5.75 Å². The molecule has 34 heavy (non-hydrogen) atoms. The zero-order valence-electron chi connectivity index (χ0n) is 18.3. The van der Waals surface area contributed by atoms with Crippen molar-refractivity contribution in [1.29, 1.82) is 0 Å². The molecule has 1 N–H and O–H groups in total. The van der Waals surface area contributed by atoms with Crippen molar-refractivity contribution in [1.82, 2.24) is 20.1 Å². The summed E-state index contributed by atoms with van der Waals surface area (Å²) in [5, 5.41) is 13.6. The first-order valence-corrected chi connectivity index (χ1v) is 13.3. The molecule has 9 heteroatoms. The van der Waals surface area contributed by atoms with Crippen molar-refractivity contribution in [2.45, 2.75) is 28.8 Å². The van der Waals surface area contributed by atoms with Gasteiger partial charge in [-0.3, -0.25) is 9.36 Å². The number of hydrogen-bond acceptors (Lipinski definition) is 5. The molecule has 0 aliphatic rings. The van der Waals surface area contributed by atoms with Gasteiger partial charge in [-0.05, 0) is 42.8 Å². The van der Waals surface area contributed by atoms with Crippen molar-refractivity contribution >= 4 is 52.6 Å². The third kappa shape index (κ3) is 6.36. The van der Waals surface area contributed by atoms with Crippen LogP contribution in [0, 0.1) is 0 Å². The molecule has 174 valence electrons. The molecule has 0 saturated carbocycles. The summed E-state index contributed by atoms with van der Waals surface area (Å²) in [6.45, 7) is 1.88. The van der Waals surface area contributed by atoms with E-state index in [1.807, 2.05) is 60.0 Å². The van der Waals surface area contributed by atoms with Crippen LogP contribution in [-0.4, -0.2) is 26.4 Å². The summed E-state index contributed by atoms with van der Waals surface area (Å²) in [5.41, 5.74) is 1.84. The summed E-state index contributed by atoms with van der Waals surface area (Å²) < 4.78 is 1.87. The van der Waals surface area contributed by atoms with Crippen LogP contribution in [0.2, 0.25) is 10.0 Å². The normalized spacial score (nSPS) is 11.9. The van der Waals surface area contributed by atoms with Gasteiger partial charge in [0.15, 0.2) is 11.0 Å². The van der Waals surface area contributed by atoms with Gasteiger partial charge >= 0.3 is 0 Å². The molecule has 3 aromatic carbocycles. The quantitative estimate of drug-likeness (QED) is 0.241. The van der Waals surface area contributed by atoms with Gasteiger partial charge in [0.2, 0.25) is 5.91 Å². The minimum absolute atomic E-state index is 0.0911. The molecule has 1 heterocycles. The van der Waals surface area contributed by atoms with Gasteiger partial charge in [0.05, 0.1) is 22.5 Å². The number of thioether (sulfide) groups is 2. The summed E-state index contributed by atoms with van der Waals surface area (Å²) in [6, 6.07) is 24.8. The summed E-state index contributed by atoms with van der Waals surface area (Å²) in [7, 11) is 0. The first kappa shape index (κ1) is 24.7. The fraction of sp³-hybridized carbons (Fsp3) is 0.160.